The summed E-state index contributed by atoms with van der Waals surface area (Å²) in [6.45, 7) is 7.89. The van der Waals surface area contributed by atoms with Crippen molar-refractivity contribution in [2.24, 2.45) is 0 Å². The number of nitrogens with one attached hydrogen (secondary N) is 2. The Balaban J connectivity index is 2.21. The second-order valence-electron chi connectivity index (χ2n) is 5.55. The summed E-state index contributed by atoms with van der Waals surface area (Å²) in [7, 11) is 0. The van der Waals surface area contributed by atoms with Crippen LogP contribution in [0.5, 0.6) is 0 Å². The molecule has 1 heterocycles. The predicted octanol–water partition coefficient (Wildman–Crippen LogP) is 4.32. The molecule has 5 nitrogen and oxygen atoms in total. The zero-order valence-corrected chi connectivity index (χ0v) is 15.4. The first-order chi connectivity index (χ1) is 10.9. The lowest BCUT2D eigenvalue weighted by molar-refractivity contribution is 0.102. The highest BCUT2D eigenvalue weighted by Gasteiger charge is 2.13. The van der Waals surface area contributed by atoms with Crippen LogP contribution in [0.1, 0.15) is 42.1 Å². The second kappa shape index (κ2) is 7.55. The van der Waals surface area contributed by atoms with Crippen molar-refractivity contribution in [3.8, 4) is 0 Å². The number of carbonyl (C=O) groups is 1. The molecule has 0 saturated heterocycles. The molecule has 0 aliphatic heterocycles. The maximum Gasteiger partial charge on any atom is 0.274 e. The summed E-state index contributed by atoms with van der Waals surface area (Å²) in [5.41, 5.74) is 2.10. The molecule has 1 amide bonds. The highest BCUT2D eigenvalue weighted by Crippen LogP contribution is 2.21. The van der Waals surface area contributed by atoms with Crippen molar-refractivity contribution in [2.75, 3.05) is 10.6 Å². The number of hydrogen-bond acceptors (Lipinski definition) is 4. The van der Waals surface area contributed by atoms with Crippen molar-refractivity contribution >= 4 is 33.3 Å². The molecule has 0 saturated carbocycles. The van der Waals surface area contributed by atoms with E-state index in [1.54, 1.807) is 13.0 Å². The van der Waals surface area contributed by atoms with Crippen LogP contribution in [0.25, 0.3) is 0 Å². The Morgan fingerprint density at radius 3 is 2.65 bits per heavy atom. The maximum absolute atomic E-state index is 12.5. The van der Waals surface area contributed by atoms with E-state index in [4.69, 9.17) is 0 Å². The Kier molecular flexibility index (Phi) is 5.71. The molecule has 1 unspecified atom stereocenters. The summed E-state index contributed by atoms with van der Waals surface area (Å²) in [6.07, 6.45) is 0.975. The van der Waals surface area contributed by atoms with Crippen LogP contribution in [0.2, 0.25) is 0 Å². The number of aryl methyl sites for hydroxylation is 2. The Morgan fingerprint density at radius 2 is 2.00 bits per heavy atom. The van der Waals surface area contributed by atoms with Gasteiger partial charge in [-0.25, -0.2) is 9.97 Å². The molecule has 1 aromatic carbocycles. The van der Waals surface area contributed by atoms with Crippen molar-refractivity contribution in [3.05, 3.63) is 45.8 Å². The van der Waals surface area contributed by atoms with E-state index in [1.165, 1.54) is 0 Å². The minimum absolute atomic E-state index is 0.242. The molecular formula is C17H21BrN4O. The zero-order chi connectivity index (χ0) is 17.0. The number of amides is 1. The Hall–Kier alpha value is -1.95. The Labute approximate surface area is 145 Å². The number of anilines is 2. The number of nitrogens with zero attached hydrogens (tertiary/aromatic N) is 2. The lowest BCUT2D eigenvalue weighted by atomic mass is 10.2. The normalized spacial score (nSPS) is 11.9. The molecule has 2 aromatic rings. The summed E-state index contributed by atoms with van der Waals surface area (Å²) in [4.78, 5) is 21.0. The van der Waals surface area contributed by atoms with Gasteiger partial charge in [0, 0.05) is 22.3 Å². The fraction of sp³-hybridized carbons (Fsp3) is 0.353. The number of rotatable bonds is 5. The lowest BCUT2D eigenvalue weighted by Gasteiger charge is -2.14. The largest absolute Gasteiger partial charge is 0.368 e. The third-order valence-corrected chi connectivity index (χ3v) is 4.01. The van der Waals surface area contributed by atoms with Gasteiger partial charge in [-0.1, -0.05) is 22.9 Å². The zero-order valence-electron chi connectivity index (χ0n) is 13.8. The highest BCUT2D eigenvalue weighted by molar-refractivity contribution is 9.10. The van der Waals surface area contributed by atoms with E-state index in [-0.39, 0.29) is 11.9 Å². The number of halogens is 1. The van der Waals surface area contributed by atoms with E-state index in [0.29, 0.717) is 17.3 Å². The quantitative estimate of drug-likeness (QED) is 0.815. The van der Waals surface area contributed by atoms with Crippen LogP contribution in [0.15, 0.2) is 28.7 Å². The highest BCUT2D eigenvalue weighted by atomic mass is 79.9. The van der Waals surface area contributed by atoms with Crippen molar-refractivity contribution in [3.63, 3.8) is 0 Å². The molecule has 0 fully saturated rings. The molecule has 0 aliphatic carbocycles. The summed E-state index contributed by atoms with van der Waals surface area (Å²) >= 11 is 3.41. The molecule has 0 spiro atoms. The van der Waals surface area contributed by atoms with Gasteiger partial charge in [0.25, 0.3) is 5.91 Å². The van der Waals surface area contributed by atoms with Gasteiger partial charge in [0.1, 0.15) is 17.3 Å². The van der Waals surface area contributed by atoms with Crippen molar-refractivity contribution < 1.29 is 4.79 Å². The van der Waals surface area contributed by atoms with Gasteiger partial charge in [0.15, 0.2) is 0 Å². The minimum atomic E-state index is -0.242. The molecule has 1 aromatic heterocycles. The second-order valence-corrected chi connectivity index (χ2v) is 6.47. The minimum Gasteiger partial charge on any atom is -0.368 e. The summed E-state index contributed by atoms with van der Waals surface area (Å²) < 4.78 is 0.978. The van der Waals surface area contributed by atoms with Crippen molar-refractivity contribution in [2.45, 2.75) is 40.2 Å². The standard InChI is InChI=1S/C17H21BrN4O/c1-5-11(3)19-16-9-15(20-12(4)21-16)17(23)22-14-7-6-13(18)8-10(14)2/h6-9,11H,5H2,1-4H3,(H,22,23)(H,19,20,21). The van der Waals surface area contributed by atoms with Gasteiger partial charge in [-0.15, -0.1) is 0 Å². The third-order valence-electron chi connectivity index (χ3n) is 3.51. The fourth-order valence-electron chi connectivity index (χ4n) is 2.07. The molecule has 2 rings (SSSR count). The molecule has 6 heteroatoms. The maximum atomic E-state index is 12.5. The van der Waals surface area contributed by atoms with Crippen molar-refractivity contribution in [1.82, 2.24) is 9.97 Å². The third kappa shape index (κ3) is 4.76. The monoisotopic (exact) mass is 376 g/mol. The van der Waals surface area contributed by atoms with Gasteiger partial charge >= 0.3 is 0 Å². The number of hydrogen-bond donors (Lipinski definition) is 2. The molecule has 0 bridgehead atoms. The van der Waals surface area contributed by atoms with Gasteiger partial charge in [-0.05, 0) is 51.0 Å². The van der Waals surface area contributed by atoms with E-state index in [0.717, 1.165) is 22.1 Å². The SMILES string of the molecule is CCC(C)Nc1cc(C(=O)Nc2ccc(Br)cc2C)nc(C)n1. The van der Waals surface area contributed by atoms with Crippen LogP contribution < -0.4 is 10.6 Å². The molecule has 0 aliphatic rings. The predicted molar refractivity (Wildman–Crippen MR) is 97.0 cm³/mol. The summed E-state index contributed by atoms with van der Waals surface area (Å²) in [6, 6.07) is 7.68. The van der Waals surface area contributed by atoms with Crippen LogP contribution in [-0.4, -0.2) is 21.9 Å². The Bertz CT molecular complexity index is 718. The molecule has 1 atom stereocenters. The molecular weight excluding hydrogens is 356 g/mol. The molecule has 122 valence electrons. The van der Waals surface area contributed by atoms with E-state index in [2.05, 4.69) is 50.4 Å². The van der Waals surface area contributed by atoms with Gasteiger partial charge in [-0.2, -0.15) is 0 Å². The average molecular weight is 377 g/mol. The van der Waals surface area contributed by atoms with Crippen LogP contribution in [0.4, 0.5) is 11.5 Å². The number of aromatic nitrogens is 2. The van der Waals surface area contributed by atoms with E-state index >= 15 is 0 Å². The number of carbonyl (C=O) groups excluding carboxylic acids is 1. The molecule has 2 N–H and O–H groups in total. The molecule has 23 heavy (non-hydrogen) atoms. The van der Waals surface area contributed by atoms with Gasteiger partial charge in [-0.3, -0.25) is 4.79 Å². The van der Waals surface area contributed by atoms with Crippen LogP contribution >= 0.6 is 15.9 Å². The van der Waals surface area contributed by atoms with Gasteiger partial charge in [0.2, 0.25) is 0 Å². The topological polar surface area (TPSA) is 66.9 Å². The number of benzene rings is 1. The lowest BCUT2D eigenvalue weighted by Crippen LogP contribution is -2.19. The Morgan fingerprint density at radius 1 is 1.26 bits per heavy atom. The summed E-state index contributed by atoms with van der Waals surface area (Å²) in [5, 5.41) is 6.17. The molecule has 0 radical (unpaired) electrons. The average Bonchev–Trinajstić information content (AvgIpc) is 2.49. The smallest absolute Gasteiger partial charge is 0.274 e. The van der Waals surface area contributed by atoms with Gasteiger partial charge < -0.3 is 10.6 Å². The fourth-order valence-corrected chi connectivity index (χ4v) is 2.54. The van der Waals surface area contributed by atoms with Crippen LogP contribution in [0, 0.1) is 13.8 Å². The summed E-state index contributed by atoms with van der Waals surface area (Å²) in [5.74, 6) is 0.994. The first kappa shape index (κ1) is 17.4. The van der Waals surface area contributed by atoms with E-state index in [1.807, 2.05) is 25.1 Å². The van der Waals surface area contributed by atoms with Gasteiger partial charge in [0.05, 0.1) is 0 Å². The first-order valence-electron chi connectivity index (χ1n) is 7.58. The van der Waals surface area contributed by atoms with Crippen LogP contribution in [0.3, 0.4) is 0 Å². The first-order valence-corrected chi connectivity index (χ1v) is 8.38. The van der Waals surface area contributed by atoms with Crippen molar-refractivity contribution in [1.29, 1.82) is 0 Å². The van der Waals surface area contributed by atoms with E-state index in [9.17, 15) is 4.79 Å². The van der Waals surface area contributed by atoms with Crippen LogP contribution in [-0.2, 0) is 0 Å². The van der Waals surface area contributed by atoms with E-state index < -0.39 is 0 Å².